The Bertz CT molecular complexity index is 1090. The first-order chi connectivity index (χ1) is 15.0. The van der Waals surface area contributed by atoms with E-state index < -0.39 is 0 Å². The number of nitrogens with one attached hydrogen (secondary N) is 1. The fourth-order valence-electron chi connectivity index (χ4n) is 3.94. The van der Waals surface area contributed by atoms with Crippen LogP contribution in [-0.2, 0) is 19.5 Å². The number of phenols is 1. The van der Waals surface area contributed by atoms with Crippen molar-refractivity contribution in [3.05, 3.63) is 52.7 Å². The van der Waals surface area contributed by atoms with Gasteiger partial charge >= 0.3 is 0 Å². The standard InChI is InChI=1S/C24H30N4O3/c1-15(2)4-7-21-19-11-20(23(29)12-22(19)27-26-21)24(30)28-13-16-5-6-18(10-17(16)14-28)31-9-3-8-25/h5-6,10-12,15,29H,3-4,7-9,13-14,25H2,1-2H3,(H,26,27). The molecule has 0 aliphatic carbocycles. The van der Waals surface area contributed by atoms with E-state index in [4.69, 9.17) is 10.5 Å². The zero-order valence-electron chi connectivity index (χ0n) is 18.1. The second kappa shape index (κ2) is 8.98. The fraction of sp³-hybridized carbons (Fsp3) is 0.417. The molecule has 1 aliphatic rings. The molecule has 4 N–H and O–H groups in total. The summed E-state index contributed by atoms with van der Waals surface area (Å²) in [4.78, 5) is 15.0. The summed E-state index contributed by atoms with van der Waals surface area (Å²) in [5, 5.41) is 18.8. The second-order valence-corrected chi connectivity index (χ2v) is 8.60. The number of H-pyrrole nitrogens is 1. The first-order valence-electron chi connectivity index (χ1n) is 10.9. The van der Waals surface area contributed by atoms with Gasteiger partial charge in [-0.25, -0.2) is 0 Å². The molecule has 0 fully saturated rings. The molecule has 2 heterocycles. The van der Waals surface area contributed by atoms with E-state index in [1.54, 1.807) is 17.0 Å². The summed E-state index contributed by atoms with van der Waals surface area (Å²) in [7, 11) is 0. The Morgan fingerprint density at radius 3 is 2.84 bits per heavy atom. The molecule has 0 unspecified atom stereocenters. The minimum absolute atomic E-state index is 0.0406. The molecule has 7 heteroatoms. The van der Waals surface area contributed by atoms with Crippen LogP contribution in [0.25, 0.3) is 10.9 Å². The minimum atomic E-state index is -0.183. The topological polar surface area (TPSA) is 104 Å². The molecule has 3 aromatic rings. The maximum absolute atomic E-state index is 13.3. The molecule has 0 saturated heterocycles. The number of rotatable bonds is 8. The predicted octanol–water partition coefficient (Wildman–Crippen LogP) is 3.74. The number of hydrogen-bond donors (Lipinski definition) is 3. The van der Waals surface area contributed by atoms with Gasteiger partial charge < -0.3 is 20.5 Å². The van der Waals surface area contributed by atoms with Gasteiger partial charge in [0.2, 0.25) is 0 Å². The number of aryl methyl sites for hydroxylation is 1. The molecule has 2 aromatic carbocycles. The van der Waals surface area contributed by atoms with E-state index >= 15 is 0 Å². The molecule has 0 saturated carbocycles. The maximum Gasteiger partial charge on any atom is 0.258 e. The molecule has 4 rings (SSSR count). The van der Waals surface area contributed by atoms with Crippen LogP contribution in [0, 0.1) is 5.92 Å². The molecule has 0 bridgehead atoms. The number of benzene rings is 2. The van der Waals surface area contributed by atoms with Gasteiger partial charge in [0.25, 0.3) is 5.91 Å². The number of fused-ring (bicyclic) bond motifs is 2. The normalized spacial score (nSPS) is 13.2. The first-order valence-corrected chi connectivity index (χ1v) is 10.9. The lowest BCUT2D eigenvalue weighted by Gasteiger charge is -2.16. The van der Waals surface area contributed by atoms with Gasteiger partial charge in [0.05, 0.1) is 17.7 Å². The highest BCUT2D eigenvalue weighted by Gasteiger charge is 2.27. The van der Waals surface area contributed by atoms with Gasteiger partial charge in [-0.3, -0.25) is 9.89 Å². The molecule has 1 aromatic heterocycles. The van der Waals surface area contributed by atoms with Gasteiger partial charge in [-0.2, -0.15) is 5.10 Å². The number of hydrogen-bond acceptors (Lipinski definition) is 5. The molecular weight excluding hydrogens is 392 g/mol. The number of aromatic hydroxyl groups is 1. The third kappa shape index (κ3) is 4.51. The second-order valence-electron chi connectivity index (χ2n) is 8.60. The van der Waals surface area contributed by atoms with Crippen molar-refractivity contribution in [3.63, 3.8) is 0 Å². The number of nitrogens with two attached hydrogens (primary N) is 1. The summed E-state index contributed by atoms with van der Waals surface area (Å²) in [6, 6.07) is 9.27. The largest absolute Gasteiger partial charge is 0.507 e. The van der Waals surface area contributed by atoms with Crippen molar-refractivity contribution >= 4 is 16.8 Å². The number of ether oxygens (including phenoxy) is 1. The maximum atomic E-state index is 13.3. The average molecular weight is 423 g/mol. The van der Waals surface area contributed by atoms with Gasteiger partial charge in [-0.05, 0) is 61.1 Å². The minimum Gasteiger partial charge on any atom is -0.507 e. The van der Waals surface area contributed by atoms with Gasteiger partial charge in [-0.1, -0.05) is 19.9 Å². The molecule has 164 valence electrons. The number of phenolic OH excluding ortho intramolecular Hbond substituents is 1. The van der Waals surface area contributed by atoms with Gasteiger partial charge in [0.15, 0.2) is 0 Å². The Morgan fingerprint density at radius 1 is 1.26 bits per heavy atom. The first kappa shape index (κ1) is 21.2. The van der Waals surface area contributed by atoms with Crippen molar-refractivity contribution in [1.29, 1.82) is 0 Å². The number of aromatic nitrogens is 2. The summed E-state index contributed by atoms with van der Waals surface area (Å²) < 4.78 is 5.73. The summed E-state index contributed by atoms with van der Waals surface area (Å²) in [5.41, 5.74) is 9.68. The van der Waals surface area contributed by atoms with Crippen LogP contribution in [0.4, 0.5) is 0 Å². The van der Waals surface area contributed by atoms with E-state index in [1.165, 1.54) is 0 Å². The highest BCUT2D eigenvalue weighted by molar-refractivity contribution is 6.01. The van der Waals surface area contributed by atoms with Gasteiger partial charge in [-0.15, -0.1) is 0 Å². The number of carbonyl (C=O) groups is 1. The Hall–Kier alpha value is -3.06. The Labute approximate surface area is 182 Å². The van der Waals surface area contributed by atoms with E-state index in [-0.39, 0.29) is 11.7 Å². The van der Waals surface area contributed by atoms with Crippen LogP contribution in [0.15, 0.2) is 30.3 Å². The number of amides is 1. The lowest BCUT2D eigenvalue weighted by atomic mass is 10.0. The Kier molecular flexibility index (Phi) is 6.13. The Balaban J connectivity index is 1.53. The molecule has 0 spiro atoms. The average Bonchev–Trinajstić information content (AvgIpc) is 3.34. The number of carbonyl (C=O) groups excluding carboxylic acids is 1. The lowest BCUT2D eigenvalue weighted by molar-refractivity contribution is 0.0748. The van der Waals surface area contributed by atoms with Crippen molar-refractivity contribution < 1.29 is 14.6 Å². The zero-order valence-corrected chi connectivity index (χ0v) is 18.1. The van der Waals surface area contributed by atoms with Crippen LogP contribution in [0.5, 0.6) is 11.5 Å². The van der Waals surface area contributed by atoms with Gasteiger partial charge in [0.1, 0.15) is 11.5 Å². The quantitative estimate of drug-likeness (QED) is 0.480. The third-order valence-corrected chi connectivity index (χ3v) is 5.76. The molecule has 1 aliphatic heterocycles. The number of aromatic amines is 1. The van der Waals surface area contributed by atoms with Crippen molar-refractivity contribution in [1.82, 2.24) is 15.1 Å². The van der Waals surface area contributed by atoms with Crippen LogP contribution in [0.1, 0.15) is 53.9 Å². The van der Waals surface area contributed by atoms with Crippen molar-refractivity contribution in [2.75, 3.05) is 13.2 Å². The molecule has 0 atom stereocenters. The van der Waals surface area contributed by atoms with Crippen molar-refractivity contribution in [2.45, 2.75) is 46.2 Å². The van der Waals surface area contributed by atoms with Crippen LogP contribution in [-0.4, -0.2) is 39.3 Å². The van der Waals surface area contributed by atoms with Gasteiger partial charge in [0, 0.05) is 30.2 Å². The van der Waals surface area contributed by atoms with Crippen LogP contribution in [0.2, 0.25) is 0 Å². The highest BCUT2D eigenvalue weighted by atomic mass is 16.5. The van der Waals surface area contributed by atoms with Crippen LogP contribution >= 0.6 is 0 Å². The van der Waals surface area contributed by atoms with Crippen molar-refractivity contribution in [3.8, 4) is 11.5 Å². The highest BCUT2D eigenvalue weighted by Crippen LogP contribution is 2.32. The number of nitrogens with zero attached hydrogens (tertiary/aromatic N) is 2. The van der Waals surface area contributed by atoms with E-state index in [1.807, 2.05) is 18.2 Å². The predicted molar refractivity (Wildman–Crippen MR) is 120 cm³/mol. The van der Waals surface area contributed by atoms with Crippen LogP contribution < -0.4 is 10.5 Å². The van der Waals surface area contributed by atoms with Crippen LogP contribution in [0.3, 0.4) is 0 Å². The molecular formula is C24H30N4O3. The Morgan fingerprint density at radius 2 is 2.06 bits per heavy atom. The molecule has 1 amide bonds. The van der Waals surface area contributed by atoms with E-state index in [2.05, 4.69) is 24.0 Å². The summed E-state index contributed by atoms with van der Waals surface area (Å²) in [6.07, 6.45) is 2.68. The van der Waals surface area contributed by atoms with E-state index in [0.717, 1.165) is 47.2 Å². The lowest BCUT2D eigenvalue weighted by Crippen LogP contribution is -2.25. The summed E-state index contributed by atoms with van der Waals surface area (Å²) in [6.45, 7) is 6.54. The zero-order chi connectivity index (χ0) is 22.0. The van der Waals surface area contributed by atoms with E-state index in [9.17, 15) is 9.90 Å². The molecule has 0 radical (unpaired) electrons. The smallest absolute Gasteiger partial charge is 0.258 e. The SMILES string of the molecule is CC(C)CCc1[nH]nc2cc(O)c(C(=O)N3Cc4ccc(OCCCN)cc4C3)cc12. The summed E-state index contributed by atoms with van der Waals surface area (Å²) >= 11 is 0. The fourth-order valence-corrected chi connectivity index (χ4v) is 3.94. The van der Waals surface area contributed by atoms with E-state index in [0.29, 0.717) is 43.2 Å². The molecule has 7 nitrogen and oxygen atoms in total. The third-order valence-electron chi connectivity index (χ3n) is 5.76. The van der Waals surface area contributed by atoms with Crippen molar-refractivity contribution in [2.24, 2.45) is 11.7 Å². The summed E-state index contributed by atoms with van der Waals surface area (Å²) in [5.74, 6) is 1.14. The molecule has 31 heavy (non-hydrogen) atoms. The monoisotopic (exact) mass is 422 g/mol.